The van der Waals surface area contributed by atoms with Gasteiger partial charge in [0.25, 0.3) is 0 Å². The molecule has 4 aromatic rings. The Balaban J connectivity index is 1.52. The molecule has 1 aliphatic heterocycles. The summed E-state index contributed by atoms with van der Waals surface area (Å²) in [5.41, 5.74) is 1.08. The lowest BCUT2D eigenvalue weighted by atomic mass is 9.97. The molecule has 2 N–H and O–H groups in total. The van der Waals surface area contributed by atoms with E-state index in [0.717, 1.165) is 24.4 Å². The topological polar surface area (TPSA) is 87.0 Å². The normalized spacial score (nSPS) is 21.9. The van der Waals surface area contributed by atoms with Crippen LogP contribution in [0.5, 0.6) is 0 Å². The van der Waals surface area contributed by atoms with E-state index in [2.05, 4.69) is 44.2 Å². The van der Waals surface area contributed by atoms with Crippen molar-refractivity contribution in [3.05, 3.63) is 60.3 Å². The number of fused-ring (bicyclic) bond motifs is 1. The number of alkyl halides is 3. The quantitative estimate of drug-likeness (QED) is 0.505. The minimum absolute atomic E-state index is 0.0426. The van der Waals surface area contributed by atoms with Crippen molar-refractivity contribution in [3.63, 3.8) is 0 Å². The molecular formula is C21H21F3N8. The lowest BCUT2D eigenvalue weighted by Gasteiger charge is -2.43. The number of hydrogen-bond donors (Lipinski definition) is 2. The third kappa shape index (κ3) is 3.58. The average molecular weight is 442 g/mol. The van der Waals surface area contributed by atoms with E-state index in [1.165, 1.54) is 16.7 Å². The molecule has 0 aliphatic carbocycles. The molecule has 0 saturated carbocycles. The van der Waals surface area contributed by atoms with E-state index in [4.69, 9.17) is 4.98 Å². The number of imidazole rings is 1. The first-order valence-corrected chi connectivity index (χ1v) is 10.2. The Hall–Kier alpha value is -3.47. The average Bonchev–Trinajstić information content (AvgIpc) is 3.44. The zero-order chi connectivity index (χ0) is 22.5. The van der Waals surface area contributed by atoms with Crippen molar-refractivity contribution in [2.75, 3.05) is 11.4 Å². The number of aromatic amines is 1. The Morgan fingerprint density at radius 2 is 1.94 bits per heavy atom. The van der Waals surface area contributed by atoms with Crippen molar-refractivity contribution in [2.24, 2.45) is 0 Å². The van der Waals surface area contributed by atoms with Crippen LogP contribution >= 0.6 is 0 Å². The summed E-state index contributed by atoms with van der Waals surface area (Å²) in [6, 6.07) is 4.46. The van der Waals surface area contributed by atoms with Crippen LogP contribution in [-0.2, 0) is 6.18 Å². The van der Waals surface area contributed by atoms with Gasteiger partial charge in [-0.2, -0.15) is 18.3 Å². The molecule has 32 heavy (non-hydrogen) atoms. The highest BCUT2D eigenvalue weighted by Crippen LogP contribution is 2.32. The van der Waals surface area contributed by atoms with Crippen molar-refractivity contribution >= 4 is 11.5 Å². The van der Waals surface area contributed by atoms with Crippen LogP contribution in [-0.4, -0.2) is 48.2 Å². The Morgan fingerprint density at radius 3 is 2.69 bits per heavy atom. The second-order valence-electron chi connectivity index (χ2n) is 8.00. The molecule has 4 aromatic heterocycles. The van der Waals surface area contributed by atoms with E-state index in [0.29, 0.717) is 23.0 Å². The lowest BCUT2D eigenvalue weighted by Crippen LogP contribution is -2.56. The van der Waals surface area contributed by atoms with Crippen LogP contribution in [0.1, 0.15) is 31.0 Å². The van der Waals surface area contributed by atoms with Gasteiger partial charge in [-0.15, -0.1) is 0 Å². The van der Waals surface area contributed by atoms with Gasteiger partial charge in [-0.3, -0.25) is 9.50 Å². The number of aromatic nitrogens is 6. The fourth-order valence-electron chi connectivity index (χ4n) is 4.19. The number of piperazine rings is 1. The van der Waals surface area contributed by atoms with Gasteiger partial charge in [0.15, 0.2) is 5.82 Å². The molecule has 1 saturated heterocycles. The molecule has 3 atom stereocenters. The van der Waals surface area contributed by atoms with Crippen LogP contribution in [0.2, 0.25) is 0 Å². The van der Waals surface area contributed by atoms with E-state index in [9.17, 15) is 13.2 Å². The van der Waals surface area contributed by atoms with Gasteiger partial charge in [0.05, 0.1) is 24.0 Å². The number of nitrogens with one attached hydrogen (secondary N) is 2. The first kappa shape index (κ1) is 20.4. The van der Waals surface area contributed by atoms with Crippen molar-refractivity contribution in [1.29, 1.82) is 0 Å². The van der Waals surface area contributed by atoms with Crippen molar-refractivity contribution in [3.8, 4) is 11.5 Å². The predicted molar refractivity (Wildman–Crippen MR) is 112 cm³/mol. The minimum atomic E-state index is -4.45. The fourth-order valence-corrected chi connectivity index (χ4v) is 4.19. The maximum absolute atomic E-state index is 13.2. The SMILES string of the molecule is C[C@H]1CN(c2ccnc(-c3cnc4ccc(C(F)(F)F)cn34)n2)[C@@H](C)[C@@H](c2cn[nH]c2)N1. The molecule has 0 amide bonds. The second kappa shape index (κ2) is 7.59. The van der Waals surface area contributed by atoms with Gasteiger partial charge in [-0.1, -0.05) is 0 Å². The zero-order valence-corrected chi connectivity index (χ0v) is 17.4. The third-order valence-electron chi connectivity index (χ3n) is 5.78. The summed E-state index contributed by atoms with van der Waals surface area (Å²) in [5.74, 6) is 1.01. The maximum Gasteiger partial charge on any atom is 0.417 e. The van der Waals surface area contributed by atoms with Crippen LogP contribution in [0.3, 0.4) is 0 Å². The third-order valence-corrected chi connectivity index (χ3v) is 5.78. The standard InChI is InChI=1S/C21H21F3N8/c1-12-10-31(13(2)19(29-12)14-7-27-28-8-14)18-5-6-25-20(30-18)16-9-26-17-4-3-15(11-32(16)17)21(22,23)24/h3-9,11-13,19,29H,10H2,1-2H3,(H,27,28)/t12-,13-,19-/m0/s1. The minimum Gasteiger partial charge on any atom is -0.350 e. The molecule has 11 heteroatoms. The van der Waals surface area contributed by atoms with Gasteiger partial charge >= 0.3 is 6.18 Å². The first-order valence-electron chi connectivity index (χ1n) is 10.2. The fraction of sp³-hybridized carbons (Fsp3) is 0.333. The van der Waals surface area contributed by atoms with E-state index >= 15 is 0 Å². The number of nitrogens with zero attached hydrogens (tertiary/aromatic N) is 6. The van der Waals surface area contributed by atoms with E-state index in [1.807, 2.05) is 12.3 Å². The molecular weight excluding hydrogens is 421 g/mol. The van der Waals surface area contributed by atoms with Crippen LogP contribution in [0, 0.1) is 0 Å². The van der Waals surface area contributed by atoms with Crippen molar-refractivity contribution < 1.29 is 13.2 Å². The summed E-state index contributed by atoms with van der Waals surface area (Å²) in [6.45, 7) is 4.91. The molecule has 1 fully saturated rings. The molecule has 5 rings (SSSR count). The van der Waals surface area contributed by atoms with Gasteiger partial charge in [-0.25, -0.2) is 15.0 Å². The summed E-state index contributed by atoms with van der Waals surface area (Å²) in [7, 11) is 0. The highest BCUT2D eigenvalue weighted by molar-refractivity contribution is 5.59. The molecule has 1 aliphatic rings. The molecule has 0 aromatic carbocycles. The smallest absolute Gasteiger partial charge is 0.350 e. The molecule has 0 spiro atoms. The Morgan fingerprint density at radius 1 is 1.09 bits per heavy atom. The van der Waals surface area contributed by atoms with E-state index < -0.39 is 11.7 Å². The van der Waals surface area contributed by atoms with Crippen LogP contribution < -0.4 is 10.2 Å². The summed E-state index contributed by atoms with van der Waals surface area (Å²) in [4.78, 5) is 15.4. The molecule has 0 bridgehead atoms. The Bertz CT molecular complexity index is 1230. The molecule has 5 heterocycles. The molecule has 8 nitrogen and oxygen atoms in total. The van der Waals surface area contributed by atoms with Crippen LogP contribution in [0.25, 0.3) is 17.2 Å². The highest BCUT2D eigenvalue weighted by Gasteiger charge is 2.34. The van der Waals surface area contributed by atoms with Gasteiger partial charge < -0.3 is 10.2 Å². The van der Waals surface area contributed by atoms with E-state index in [1.54, 1.807) is 12.4 Å². The van der Waals surface area contributed by atoms with Gasteiger partial charge in [-0.05, 0) is 32.0 Å². The highest BCUT2D eigenvalue weighted by atomic mass is 19.4. The Labute approximate surface area is 181 Å². The predicted octanol–water partition coefficient (Wildman–Crippen LogP) is 3.46. The summed E-state index contributed by atoms with van der Waals surface area (Å²) < 4.78 is 41.0. The van der Waals surface area contributed by atoms with Gasteiger partial charge in [0.1, 0.15) is 17.2 Å². The van der Waals surface area contributed by atoms with Gasteiger partial charge in [0.2, 0.25) is 0 Å². The summed E-state index contributed by atoms with van der Waals surface area (Å²) in [6.07, 6.45) is 3.35. The second-order valence-corrected chi connectivity index (χ2v) is 8.00. The van der Waals surface area contributed by atoms with E-state index in [-0.39, 0.29) is 18.1 Å². The number of anilines is 1. The number of halogens is 3. The largest absolute Gasteiger partial charge is 0.417 e. The van der Waals surface area contributed by atoms with Crippen molar-refractivity contribution in [1.82, 2.24) is 34.9 Å². The summed E-state index contributed by atoms with van der Waals surface area (Å²) >= 11 is 0. The monoisotopic (exact) mass is 442 g/mol. The zero-order valence-electron chi connectivity index (χ0n) is 17.4. The van der Waals surface area contributed by atoms with Crippen LogP contribution in [0.15, 0.2) is 49.2 Å². The molecule has 166 valence electrons. The summed E-state index contributed by atoms with van der Waals surface area (Å²) in [5, 5.41) is 10.5. The molecule has 0 unspecified atom stereocenters. The van der Waals surface area contributed by atoms with Crippen molar-refractivity contribution in [2.45, 2.75) is 38.1 Å². The number of rotatable bonds is 3. The number of H-pyrrole nitrogens is 1. The van der Waals surface area contributed by atoms with Crippen LogP contribution in [0.4, 0.5) is 19.0 Å². The lowest BCUT2D eigenvalue weighted by molar-refractivity contribution is -0.137. The number of hydrogen-bond acceptors (Lipinski definition) is 6. The first-order chi connectivity index (χ1) is 15.3. The number of pyridine rings is 1. The van der Waals surface area contributed by atoms with Gasteiger partial charge in [0, 0.05) is 42.8 Å². The Kier molecular flexibility index (Phi) is 4.85. The molecule has 0 radical (unpaired) electrons. The maximum atomic E-state index is 13.2.